The number of carbonyl (C=O) groups excluding carboxylic acids is 1. The maximum atomic E-state index is 11.9. The van der Waals surface area contributed by atoms with E-state index in [1.54, 1.807) is 12.2 Å². The highest BCUT2D eigenvalue weighted by atomic mass is 16.4. The zero-order chi connectivity index (χ0) is 20.1. The summed E-state index contributed by atoms with van der Waals surface area (Å²) in [5.74, 6) is -1.06. The van der Waals surface area contributed by atoms with Gasteiger partial charge in [0.15, 0.2) is 0 Å². The second-order valence-electron chi connectivity index (χ2n) is 6.84. The quantitative estimate of drug-likeness (QED) is 0.453. The van der Waals surface area contributed by atoms with E-state index >= 15 is 0 Å². The first-order chi connectivity index (χ1) is 13.0. The van der Waals surface area contributed by atoms with Crippen molar-refractivity contribution >= 4 is 11.8 Å². The van der Waals surface area contributed by atoms with E-state index in [0.717, 1.165) is 19.3 Å². The van der Waals surface area contributed by atoms with Crippen LogP contribution in [0.15, 0.2) is 48.6 Å². The Balaban J connectivity index is 2.22. The van der Waals surface area contributed by atoms with Gasteiger partial charge in [-0.25, -0.2) is 0 Å². The van der Waals surface area contributed by atoms with Crippen molar-refractivity contribution in [3.8, 4) is 0 Å². The van der Waals surface area contributed by atoms with Gasteiger partial charge in [0, 0.05) is 18.8 Å². The van der Waals surface area contributed by atoms with Gasteiger partial charge in [-0.15, -0.1) is 0 Å². The average Bonchev–Trinajstić information content (AvgIpc) is 2.90. The van der Waals surface area contributed by atoms with Crippen molar-refractivity contribution in [3.63, 3.8) is 0 Å². The Hall–Kier alpha value is -1.98. The van der Waals surface area contributed by atoms with Gasteiger partial charge in [-0.2, -0.15) is 0 Å². The SMILES string of the molecule is CC[C@H]1[C@H](/C=C/[C@@H](O)C/C=C\C/C=C\C/C=C\CCC(=O)O)C(=O)C[C@@H]1O. The zero-order valence-electron chi connectivity index (χ0n) is 16.0. The van der Waals surface area contributed by atoms with E-state index < -0.39 is 18.2 Å². The molecule has 4 atom stereocenters. The molecule has 1 aliphatic carbocycles. The molecule has 1 aliphatic rings. The minimum Gasteiger partial charge on any atom is -0.481 e. The molecule has 0 unspecified atom stereocenters. The number of allylic oxidation sites excluding steroid dienone is 6. The van der Waals surface area contributed by atoms with Crippen molar-refractivity contribution in [1.29, 1.82) is 0 Å². The topological polar surface area (TPSA) is 94.8 Å². The lowest BCUT2D eigenvalue weighted by Crippen LogP contribution is -2.18. The summed E-state index contributed by atoms with van der Waals surface area (Å²) in [5, 5.41) is 28.4. The van der Waals surface area contributed by atoms with Crippen molar-refractivity contribution in [2.24, 2.45) is 11.8 Å². The smallest absolute Gasteiger partial charge is 0.303 e. The first-order valence-electron chi connectivity index (χ1n) is 9.69. The summed E-state index contributed by atoms with van der Waals surface area (Å²) in [6, 6.07) is 0. The van der Waals surface area contributed by atoms with E-state index in [0.29, 0.717) is 12.8 Å². The molecule has 1 rings (SSSR count). The van der Waals surface area contributed by atoms with Crippen LogP contribution < -0.4 is 0 Å². The molecule has 0 aromatic heterocycles. The summed E-state index contributed by atoms with van der Waals surface area (Å²) >= 11 is 0. The average molecular weight is 376 g/mol. The highest BCUT2D eigenvalue weighted by Crippen LogP contribution is 2.32. The van der Waals surface area contributed by atoms with Crippen LogP contribution in [0.3, 0.4) is 0 Å². The Morgan fingerprint density at radius 3 is 2.41 bits per heavy atom. The molecule has 5 heteroatoms. The van der Waals surface area contributed by atoms with E-state index in [2.05, 4.69) is 0 Å². The molecule has 0 radical (unpaired) electrons. The minimum atomic E-state index is -0.782. The molecule has 0 amide bonds. The number of carboxylic acid groups (broad SMARTS) is 1. The monoisotopic (exact) mass is 376 g/mol. The van der Waals surface area contributed by atoms with Crippen molar-refractivity contribution in [3.05, 3.63) is 48.6 Å². The van der Waals surface area contributed by atoms with E-state index in [4.69, 9.17) is 5.11 Å². The normalized spacial score (nSPS) is 24.9. The Morgan fingerprint density at radius 1 is 1.15 bits per heavy atom. The number of Topliss-reactive ketones (excluding diaryl/α,β-unsaturated/α-hetero) is 1. The highest BCUT2D eigenvalue weighted by Gasteiger charge is 2.38. The molecule has 27 heavy (non-hydrogen) atoms. The summed E-state index contributed by atoms with van der Waals surface area (Å²) in [7, 11) is 0. The van der Waals surface area contributed by atoms with E-state index in [1.165, 1.54) is 0 Å². The first kappa shape index (κ1) is 23.1. The van der Waals surface area contributed by atoms with E-state index in [-0.39, 0.29) is 30.5 Å². The van der Waals surface area contributed by atoms with Crippen LogP contribution in [0.25, 0.3) is 0 Å². The maximum absolute atomic E-state index is 11.9. The molecule has 0 aromatic rings. The van der Waals surface area contributed by atoms with Crippen LogP contribution >= 0.6 is 0 Å². The third-order valence-electron chi connectivity index (χ3n) is 4.70. The van der Waals surface area contributed by atoms with Crippen LogP contribution in [0.5, 0.6) is 0 Å². The fourth-order valence-electron chi connectivity index (χ4n) is 3.18. The number of hydrogen-bond donors (Lipinski definition) is 3. The van der Waals surface area contributed by atoms with Gasteiger partial charge in [0.1, 0.15) is 5.78 Å². The second-order valence-corrected chi connectivity index (χ2v) is 6.84. The van der Waals surface area contributed by atoms with Crippen molar-refractivity contribution in [1.82, 2.24) is 0 Å². The molecule has 150 valence electrons. The molecule has 1 saturated carbocycles. The molecule has 3 N–H and O–H groups in total. The lowest BCUT2D eigenvalue weighted by Gasteiger charge is -2.16. The third-order valence-corrected chi connectivity index (χ3v) is 4.70. The number of carboxylic acids is 1. The van der Waals surface area contributed by atoms with Crippen LogP contribution in [0.4, 0.5) is 0 Å². The number of hydrogen-bond acceptors (Lipinski definition) is 4. The Kier molecular flexibility index (Phi) is 11.3. The number of aliphatic hydroxyl groups is 2. The molecule has 0 aromatic carbocycles. The van der Waals surface area contributed by atoms with Gasteiger partial charge < -0.3 is 15.3 Å². The summed E-state index contributed by atoms with van der Waals surface area (Å²) in [4.78, 5) is 22.2. The fourth-order valence-corrected chi connectivity index (χ4v) is 3.18. The van der Waals surface area contributed by atoms with E-state index in [9.17, 15) is 19.8 Å². The van der Waals surface area contributed by atoms with Gasteiger partial charge in [-0.05, 0) is 38.0 Å². The molecule has 0 spiro atoms. The van der Waals surface area contributed by atoms with Crippen LogP contribution in [0.1, 0.15) is 51.9 Å². The molecule has 0 aliphatic heterocycles. The zero-order valence-corrected chi connectivity index (χ0v) is 16.0. The summed E-state index contributed by atoms with van der Waals surface area (Å²) < 4.78 is 0. The van der Waals surface area contributed by atoms with Crippen LogP contribution in [-0.2, 0) is 9.59 Å². The second kappa shape index (κ2) is 13.2. The molecule has 1 fully saturated rings. The highest BCUT2D eigenvalue weighted by molar-refractivity contribution is 5.85. The van der Waals surface area contributed by atoms with Gasteiger partial charge >= 0.3 is 5.97 Å². The summed E-state index contributed by atoms with van der Waals surface area (Å²) in [5.41, 5.74) is 0. The first-order valence-corrected chi connectivity index (χ1v) is 9.69. The molecular weight excluding hydrogens is 344 g/mol. The van der Waals surface area contributed by atoms with Crippen LogP contribution in [0, 0.1) is 11.8 Å². The Morgan fingerprint density at radius 2 is 1.78 bits per heavy atom. The van der Waals surface area contributed by atoms with Gasteiger partial charge in [0.05, 0.1) is 12.2 Å². The summed E-state index contributed by atoms with van der Waals surface area (Å²) in [6.07, 6.45) is 17.7. The number of aliphatic carboxylic acids is 1. The van der Waals surface area contributed by atoms with Gasteiger partial charge in [0.25, 0.3) is 0 Å². The maximum Gasteiger partial charge on any atom is 0.303 e. The van der Waals surface area contributed by atoms with Crippen molar-refractivity contribution in [2.75, 3.05) is 0 Å². The third kappa shape index (κ3) is 9.50. The van der Waals surface area contributed by atoms with Crippen molar-refractivity contribution in [2.45, 2.75) is 64.1 Å². The number of carbonyl (C=O) groups is 2. The Labute approximate surface area is 161 Å². The fraction of sp³-hybridized carbons (Fsp3) is 0.545. The van der Waals surface area contributed by atoms with E-state index in [1.807, 2.05) is 43.4 Å². The number of aliphatic hydroxyl groups excluding tert-OH is 2. The predicted octanol–water partition coefficient (Wildman–Crippen LogP) is 3.58. The minimum absolute atomic E-state index is 0.0418. The lowest BCUT2D eigenvalue weighted by molar-refractivity contribution is -0.136. The van der Waals surface area contributed by atoms with Gasteiger partial charge in [-0.1, -0.05) is 55.5 Å². The molecule has 0 heterocycles. The molecule has 0 bridgehead atoms. The van der Waals surface area contributed by atoms with Crippen LogP contribution in [0.2, 0.25) is 0 Å². The number of ketones is 1. The summed E-state index contributed by atoms with van der Waals surface area (Å²) in [6.45, 7) is 1.96. The van der Waals surface area contributed by atoms with Gasteiger partial charge in [0.2, 0.25) is 0 Å². The lowest BCUT2D eigenvalue weighted by atomic mass is 9.91. The Bertz CT molecular complexity index is 573. The predicted molar refractivity (Wildman–Crippen MR) is 106 cm³/mol. The largest absolute Gasteiger partial charge is 0.481 e. The molecular formula is C22H32O5. The standard InChI is InChI=1S/C22H32O5/c1-2-18-19(21(25)16-20(18)24)15-14-17(23)12-10-8-6-4-3-5-7-9-11-13-22(26)27/h3-4,7-10,14-15,17-20,23-24H,2,5-6,11-13,16H2,1H3,(H,26,27)/b4-3-,9-7-,10-8-,15-14+/t17-,18-,19-,20-/m0/s1. The van der Waals surface area contributed by atoms with Crippen molar-refractivity contribution < 1.29 is 24.9 Å². The number of rotatable bonds is 12. The molecule has 5 nitrogen and oxygen atoms in total. The van der Waals surface area contributed by atoms with Crippen LogP contribution in [-0.4, -0.2) is 39.3 Å². The molecule has 0 saturated heterocycles. The van der Waals surface area contributed by atoms with Gasteiger partial charge in [-0.3, -0.25) is 9.59 Å².